The van der Waals surface area contributed by atoms with Crippen LogP contribution in [0.4, 0.5) is 0 Å². The average molecular weight is 1580 g/mol. The van der Waals surface area contributed by atoms with Gasteiger partial charge in [0.1, 0.15) is 36.0 Å². The first-order chi connectivity index (χ1) is 52.1. The molecule has 4 heterocycles. The highest BCUT2D eigenvalue weighted by Crippen LogP contribution is 2.53. The van der Waals surface area contributed by atoms with Crippen molar-refractivity contribution in [3.63, 3.8) is 0 Å². The number of ether oxygens (including phenoxy) is 2. The maximum absolute atomic E-state index is 12.9. The number of nitrogens with zero attached hydrogens (tertiary/aromatic N) is 8. The molecule has 0 aliphatic carbocycles. The number of hydrogen-bond donors (Lipinski definition) is 0. The summed E-state index contributed by atoms with van der Waals surface area (Å²) < 4.78 is 42.5. The van der Waals surface area contributed by atoms with Gasteiger partial charge in [-0.25, -0.2) is 22.5 Å². The zero-order valence-electron chi connectivity index (χ0n) is 73.2. The van der Waals surface area contributed by atoms with Gasteiger partial charge in [0.2, 0.25) is 24.9 Å². The topological polar surface area (TPSA) is 186 Å². The van der Waals surface area contributed by atoms with Crippen molar-refractivity contribution in [3.05, 3.63) is 22.8 Å². The molecule has 4 fully saturated rings. The molecule has 0 radical (unpaired) electrons. The summed E-state index contributed by atoms with van der Waals surface area (Å²) in [6, 6.07) is 1.25. The zero-order valence-corrected chi connectivity index (χ0v) is 74.9. The molecule has 0 aromatic carbocycles. The van der Waals surface area contributed by atoms with Crippen LogP contribution in [0.3, 0.4) is 0 Å². The average Bonchev–Trinajstić information content (AvgIpc) is 0.818. The van der Waals surface area contributed by atoms with E-state index in [1.165, 1.54) is 117 Å². The Kier molecular flexibility index (Phi) is 58.2. The van der Waals surface area contributed by atoms with Crippen molar-refractivity contribution in [1.29, 1.82) is 0 Å². The van der Waals surface area contributed by atoms with E-state index < -0.39 is 22.7 Å². The van der Waals surface area contributed by atoms with Crippen molar-refractivity contribution in [3.8, 4) is 0 Å². The van der Waals surface area contributed by atoms with Crippen molar-refractivity contribution < 1.29 is 56.3 Å². The van der Waals surface area contributed by atoms with Crippen LogP contribution in [-0.4, -0.2) is 203 Å². The summed E-state index contributed by atoms with van der Waals surface area (Å²) in [7, 11) is -2.47. The van der Waals surface area contributed by atoms with Crippen molar-refractivity contribution in [2.75, 3.05) is 91.8 Å². The van der Waals surface area contributed by atoms with Crippen LogP contribution in [0.25, 0.3) is 9.69 Å². The Bertz CT molecular complexity index is 2500. The molecule has 0 saturated carbocycles. The van der Waals surface area contributed by atoms with Crippen LogP contribution < -0.4 is 0 Å². The largest absolute Gasteiger partial charge is 0.458 e. The third-order valence-corrected chi connectivity index (χ3v) is 25.8. The molecule has 4 aliphatic heterocycles. The van der Waals surface area contributed by atoms with Crippen molar-refractivity contribution in [1.82, 2.24) is 28.9 Å². The van der Waals surface area contributed by atoms with Gasteiger partial charge in [0.15, 0.2) is 0 Å². The second-order valence-corrected chi connectivity index (χ2v) is 35.7. The van der Waals surface area contributed by atoms with Crippen LogP contribution in [0.1, 0.15) is 375 Å². The molecule has 2 amide bonds. The van der Waals surface area contributed by atoms with Crippen LogP contribution in [0.2, 0.25) is 0 Å². The summed E-state index contributed by atoms with van der Waals surface area (Å²) in [4.78, 5) is 87.6. The molecule has 4 rings (SSSR count). The number of piperidine rings is 4. The fraction of sp³-hybridized carbons (Fsp3) is 0.908. The van der Waals surface area contributed by atoms with Crippen LogP contribution >= 0.6 is 17.1 Å². The number of Topliss-reactive ketones (excluding diaryl/α,β-unsaturated/α-hetero) is 2. The van der Waals surface area contributed by atoms with E-state index in [4.69, 9.17) is 40.7 Å². The minimum atomic E-state index is -1.30. The summed E-state index contributed by atoms with van der Waals surface area (Å²) in [5.41, 5.74) is -1.39. The summed E-state index contributed by atoms with van der Waals surface area (Å²) in [6.45, 7) is 63.0. The van der Waals surface area contributed by atoms with E-state index in [9.17, 15) is 28.8 Å². The molecule has 0 bridgehead atoms. The number of carbonyl (C=O) groups excluding carboxylic acids is 6. The smallest absolute Gasteiger partial charge is 0.306 e. The van der Waals surface area contributed by atoms with Gasteiger partial charge in [-0.2, -0.15) is 0 Å². The second kappa shape index (κ2) is 61.2. The molecule has 0 aromatic rings. The van der Waals surface area contributed by atoms with Gasteiger partial charge in [-0.05, 0) is 198 Å². The molecule has 0 N–H and O–H groups in total. The van der Waals surface area contributed by atoms with E-state index in [1.54, 1.807) is 0 Å². The Morgan fingerprint density at radius 1 is 0.394 bits per heavy atom. The van der Waals surface area contributed by atoms with Crippen LogP contribution in [0.15, 0.2) is 0 Å². The molecule has 6 atom stereocenters. The fourth-order valence-electron chi connectivity index (χ4n) is 15.8. The van der Waals surface area contributed by atoms with Gasteiger partial charge in [-0.15, -0.1) is 0 Å². The van der Waals surface area contributed by atoms with Gasteiger partial charge >= 0.3 is 11.9 Å². The number of ketones is 2. The molecule has 634 valence electrons. The molecular formula is C87H164N8O12P2. The van der Waals surface area contributed by atoms with Gasteiger partial charge < -0.3 is 61.5 Å². The Balaban J connectivity index is 0.000000732. The number of carbonyl (C=O) groups is 6. The fourth-order valence-corrected chi connectivity index (χ4v) is 19.5. The number of hydrogen-bond acceptors (Lipinski definition) is 16. The maximum Gasteiger partial charge on any atom is 0.306 e. The lowest BCUT2D eigenvalue weighted by atomic mass is 9.87. The first-order valence-corrected chi connectivity index (χ1v) is 46.3. The zero-order chi connectivity index (χ0) is 81.5. The number of rotatable bonds is 53. The lowest BCUT2D eigenvalue weighted by molar-refractivity contribution is -0.170. The second-order valence-electron chi connectivity index (χ2n) is 33.0. The lowest BCUT2D eigenvalue weighted by Gasteiger charge is -2.46. The van der Waals surface area contributed by atoms with E-state index in [0.717, 1.165) is 161 Å². The number of esters is 2. The van der Waals surface area contributed by atoms with Crippen LogP contribution in [-0.2, 0) is 56.3 Å². The van der Waals surface area contributed by atoms with E-state index in [1.807, 2.05) is 9.80 Å². The highest BCUT2D eigenvalue weighted by Gasteiger charge is 2.45. The minimum Gasteiger partial charge on any atom is -0.458 e. The van der Waals surface area contributed by atoms with Crippen LogP contribution in [0, 0.1) is 13.1 Å². The maximum atomic E-state index is 12.9. The predicted octanol–water partition coefficient (Wildman–Crippen LogP) is 21.5. The van der Waals surface area contributed by atoms with Gasteiger partial charge in [-0.3, -0.25) is 24.1 Å². The van der Waals surface area contributed by atoms with Gasteiger partial charge in [0.25, 0.3) is 17.1 Å². The first kappa shape index (κ1) is 104. The van der Waals surface area contributed by atoms with Crippen molar-refractivity contribution in [2.24, 2.45) is 0 Å². The highest BCUT2D eigenvalue weighted by molar-refractivity contribution is 7.45. The molecule has 6 unspecified atom stereocenters. The van der Waals surface area contributed by atoms with E-state index in [0.29, 0.717) is 70.7 Å². The highest BCUT2D eigenvalue weighted by atomic mass is 31.2. The quantitative estimate of drug-likeness (QED) is 0.0242. The van der Waals surface area contributed by atoms with E-state index >= 15 is 0 Å². The summed E-state index contributed by atoms with van der Waals surface area (Å²) in [5.74, 6) is -0.0506. The molecule has 0 aromatic heterocycles. The standard InChI is InChI=1S/C24H46N3O3P.C24H48N3O2P.C20H35NO4.C19H35NO3/c1-8-10-11-12-14-23(28)26-18-13-16-24(20-26,15-9-2)30-31(29-19-17-25-7)27(21(3)4)22(5)6;1-8-10-11-12-13-18-26-19-14-16-24(21-26,15-9-2)29-30(28-20-17-25-7)27(22(3)4)23(5)6;1-4-6-7-8-10-18(23)21-15-9-14-20(16-21,13-5-2)25-19(24)12-11-17(3)22;1-4-6-7-8-9-14-20-15-10-13-19(5-2,16-20)23-18(22)12-11-17(3)21/h21-22H,8-20H2,1-6H3;22-23H,8-21H2,1-6H3;4-16H2,1-3H3;4-16H2,1-3H3. The Hall–Kier alpha value is -3.26. The third-order valence-electron chi connectivity index (χ3n) is 21.3. The Morgan fingerprint density at radius 2 is 0.716 bits per heavy atom. The molecule has 109 heavy (non-hydrogen) atoms. The van der Waals surface area contributed by atoms with E-state index in [-0.39, 0.29) is 83.5 Å². The third kappa shape index (κ3) is 44.4. The predicted molar refractivity (Wildman–Crippen MR) is 451 cm³/mol. The Labute approximate surface area is 670 Å². The summed E-state index contributed by atoms with van der Waals surface area (Å²) in [5, 5.41) is 0. The molecule has 4 saturated heterocycles. The first-order valence-electron chi connectivity index (χ1n) is 44.0. The molecule has 20 nitrogen and oxygen atoms in total. The van der Waals surface area contributed by atoms with Crippen molar-refractivity contribution in [2.45, 2.75) is 422 Å². The molecule has 0 spiro atoms. The summed E-state index contributed by atoms with van der Waals surface area (Å²) >= 11 is 0. The van der Waals surface area contributed by atoms with E-state index in [2.05, 4.69) is 140 Å². The molecular weight excluding hydrogens is 1410 g/mol. The summed E-state index contributed by atoms with van der Waals surface area (Å²) in [6.07, 6.45) is 38.6. The number of unbranched alkanes of at least 4 members (excludes halogenated alkanes) is 14. The number of amides is 2. The van der Waals surface area contributed by atoms with Gasteiger partial charge in [-0.1, -0.05) is 165 Å². The minimum absolute atomic E-state index is 0.00554. The SMILES string of the molecule is CCCCCCC(=O)N1CCCC(CCC)(OC(=O)CCC(C)=O)C1.CCCCCCCN1CCCC(CC)(OC(=O)CCC(C)=O)C1.[C-]#[N+]CCOP(OC1(CCC)CCCN(C(=O)CCCCCC)C1)N(C(C)C)C(C)C.[C-]#[N+]CCOP(OC1(CCC)CCCN(CCCCCCC)C1)N(C(C)C)C(C)C. The Morgan fingerprint density at radius 3 is 1.07 bits per heavy atom. The molecule has 22 heteroatoms. The number of likely N-dealkylation sites (tertiary alicyclic amines) is 4. The van der Waals surface area contributed by atoms with Crippen molar-refractivity contribution >= 4 is 52.4 Å². The van der Waals surface area contributed by atoms with Gasteiger partial charge in [0.05, 0.1) is 37.1 Å². The normalized spacial score (nSPS) is 21.0. The monoisotopic (exact) mass is 1580 g/mol. The molecule has 4 aliphatic rings. The van der Waals surface area contributed by atoms with Crippen LogP contribution in [0.5, 0.6) is 0 Å². The van der Waals surface area contributed by atoms with Gasteiger partial charge in [0, 0.05) is 76.0 Å². The lowest BCUT2D eigenvalue weighted by Crippen LogP contribution is -2.52.